The van der Waals surface area contributed by atoms with Crippen LogP contribution in [0.1, 0.15) is 17.6 Å². The van der Waals surface area contributed by atoms with E-state index in [1.807, 2.05) is 36.6 Å². The summed E-state index contributed by atoms with van der Waals surface area (Å²) in [4.78, 5) is 16.2. The van der Waals surface area contributed by atoms with Gasteiger partial charge in [0, 0.05) is 9.85 Å². The predicted molar refractivity (Wildman–Crippen MR) is 82.9 cm³/mol. The molecular weight excluding hydrogens is 340 g/mol. The van der Waals surface area contributed by atoms with Crippen LogP contribution in [0.15, 0.2) is 34.1 Å². The maximum atomic E-state index is 11.9. The summed E-state index contributed by atoms with van der Waals surface area (Å²) in [5.41, 5.74) is 0.872. The van der Waals surface area contributed by atoms with E-state index in [9.17, 15) is 4.79 Å². The molecule has 106 valence electrons. The topological polar surface area (TPSA) is 51.2 Å². The molecule has 2 aromatic rings. The monoisotopic (exact) mass is 354 g/mol. The first-order valence-electron chi connectivity index (χ1n) is 6.15. The number of carbonyl (C=O) groups is 1. The molecule has 1 amide bonds. The Morgan fingerprint density at radius 1 is 1.45 bits per heavy atom. The number of halogens is 1. The number of ether oxygens (including phenoxy) is 1. The summed E-state index contributed by atoms with van der Waals surface area (Å²) in [6.07, 6.45) is -0.545. The van der Waals surface area contributed by atoms with Crippen molar-refractivity contribution in [2.45, 2.75) is 26.5 Å². The van der Waals surface area contributed by atoms with E-state index < -0.39 is 6.10 Å². The first kappa shape index (κ1) is 15.0. The fourth-order valence-electron chi connectivity index (χ4n) is 1.58. The molecule has 0 spiro atoms. The van der Waals surface area contributed by atoms with Crippen LogP contribution in [0.3, 0.4) is 0 Å². The number of aryl methyl sites for hydroxylation is 1. The Balaban J connectivity index is 1.84. The zero-order valence-corrected chi connectivity index (χ0v) is 13.6. The predicted octanol–water partition coefficient (Wildman–Crippen LogP) is 3.30. The maximum absolute atomic E-state index is 11.9. The van der Waals surface area contributed by atoms with Crippen molar-refractivity contribution in [1.82, 2.24) is 10.3 Å². The summed E-state index contributed by atoms with van der Waals surface area (Å²) >= 11 is 4.92. The quantitative estimate of drug-likeness (QED) is 0.895. The van der Waals surface area contributed by atoms with Gasteiger partial charge in [-0.2, -0.15) is 0 Å². The van der Waals surface area contributed by atoms with E-state index in [-0.39, 0.29) is 5.91 Å². The molecule has 0 fully saturated rings. The fourth-order valence-corrected chi connectivity index (χ4v) is 2.46. The van der Waals surface area contributed by atoms with Crippen LogP contribution in [-0.4, -0.2) is 17.0 Å². The third kappa shape index (κ3) is 4.31. The summed E-state index contributed by atoms with van der Waals surface area (Å²) in [6, 6.07) is 7.38. The number of carbonyl (C=O) groups excluding carboxylic acids is 1. The lowest BCUT2D eigenvalue weighted by molar-refractivity contribution is -0.127. The number of rotatable bonds is 5. The lowest BCUT2D eigenvalue weighted by atomic mass is 10.3. The molecule has 1 aromatic carbocycles. The van der Waals surface area contributed by atoms with E-state index in [4.69, 9.17) is 4.74 Å². The highest BCUT2D eigenvalue weighted by atomic mass is 79.9. The van der Waals surface area contributed by atoms with Gasteiger partial charge in [-0.3, -0.25) is 4.79 Å². The van der Waals surface area contributed by atoms with Crippen LogP contribution >= 0.6 is 27.3 Å². The highest BCUT2D eigenvalue weighted by Crippen LogP contribution is 2.17. The van der Waals surface area contributed by atoms with Crippen LogP contribution in [0.25, 0.3) is 0 Å². The molecule has 0 aliphatic rings. The number of benzene rings is 1. The van der Waals surface area contributed by atoms with Gasteiger partial charge in [-0.1, -0.05) is 15.9 Å². The SMILES string of the molecule is Cc1nc(CNC(=O)C(C)Oc2ccc(Br)cc2)cs1. The number of aromatic nitrogens is 1. The molecule has 1 atom stereocenters. The molecule has 20 heavy (non-hydrogen) atoms. The van der Waals surface area contributed by atoms with Crippen LogP contribution < -0.4 is 10.1 Å². The van der Waals surface area contributed by atoms with Crippen LogP contribution in [0.4, 0.5) is 0 Å². The summed E-state index contributed by atoms with van der Waals surface area (Å²) in [6.45, 7) is 4.09. The Morgan fingerprint density at radius 2 is 2.15 bits per heavy atom. The van der Waals surface area contributed by atoms with Crippen molar-refractivity contribution in [2.75, 3.05) is 0 Å². The Hall–Kier alpha value is -1.40. The Morgan fingerprint density at radius 3 is 2.75 bits per heavy atom. The standard InChI is InChI=1S/C14H15BrN2O2S/c1-9(19-13-5-3-11(15)4-6-13)14(18)16-7-12-8-20-10(2)17-12/h3-6,8-9H,7H2,1-2H3,(H,16,18). The van der Waals surface area contributed by atoms with E-state index >= 15 is 0 Å². The van der Waals surface area contributed by atoms with Gasteiger partial charge in [-0.05, 0) is 38.1 Å². The average Bonchev–Trinajstić information content (AvgIpc) is 2.84. The van der Waals surface area contributed by atoms with Gasteiger partial charge in [0.05, 0.1) is 17.2 Å². The molecule has 0 saturated heterocycles. The van der Waals surface area contributed by atoms with Gasteiger partial charge in [-0.25, -0.2) is 4.98 Å². The zero-order chi connectivity index (χ0) is 14.5. The molecule has 0 aliphatic carbocycles. The molecule has 6 heteroatoms. The van der Waals surface area contributed by atoms with Gasteiger partial charge in [-0.15, -0.1) is 11.3 Å². The van der Waals surface area contributed by atoms with Crippen molar-refractivity contribution in [2.24, 2.45) is 0 Å². The van der Waals surface area contributed by atoms with Gasteiger partial charge in [0.25, 0.3) is 5.91 Å². The molecule has 0 bridgehead atoms. The highest BCUT2D eigenvalue weighted by molar-refractivity contribution is 9.10. The molecule has 1 N–H and O–H groups in total. The third-order valence-electron chi connectivity index (χ3n) is 2.61. The summed E-state index contributed by atoms with van der Waals surface area (Å²) in [5.74, 6) is 0.513. The molecule has 0 aliphatic heterocycles. The van der Waals surface area contributed by atoms with E-state index in [2.05, 4.69) is 26.2 Å². The fraction of sp³-hybridized carbons (Fsp3) is 0.286. The van der Waals surface area contributed by atoms with Crippen LogP contribution in [0.5, 0.6) is 5.75 Å². The number of hydrogen-bond acceptors (Lipinski definition) is 4. The molecule has 1 unspecified atom stereocenters. The van der Waals surface area contributed by atoms with Crippen molar-refractivity contribution < 1.29 is 9.53 Å². The van der Waals surface area contributed by atoms with E-state index in [1.54, 1.807) is 18.3 Å². The van der Waals surface area contributed by atoms with E-state index in [0.29, 0.717) is 12.3 Å². The van der Waals surface area contributed by atoms with Crippen molar-refractivity contribution >= 4 is 33.2 Å². The van der Waals surface area contributed by atoms with Gasteiger partial charge in [0.1, 0.15) is 5.75 Å². The molecule has 1 aromatic heterocycles. The largest absolute Gasteiger partial charge is 0.481 e. The zero-order valence-electron chi connectivity index (χ0n) is 11.2. The second-order valence-electron chi connectivity index (χ2n) is 4.29. The number of nitrogens with one attached hydrogen (secondary N) is 1. The van der Waals surface area contributed by atoms with Gasteiger partial charge in [0.15, 0.2) is 6.10 Å². The van der Waals surface area contributed by atoms with Crippen LogP contribution in [0, 0.1) is 6.92 Å². The van der Waals surface area contributed by atoms with Crippen molar-refractivity contribution in [3.8, 4) is 5.75 Å². The second-order valence-corrected chi connectivity index (χ2v) is 6.27. The lowest BCUT2D eigenvalue weighted by Crippen LogP contribution is -2.35. The van der Waals surface area contributed by atoms with Crippen molar-refractivity contribution in [1.29, 1.82) is 0 Å². The average molecular weight is 355 g/mol. The molecule has 1 heterocycles. The lowest BCUT2D eigenvalue weighted by Gasteiger charge is -2.14. The summed E-state index contributed by atoms with van der Waals surface area (Å²) in [5, 5.41) is 5.75. The number of amides is 1. The number of thiazole rings is 1. The number of nitrogens with zero attached hydrogens (tertiary/aromatic N) is 1. The Labute approximate surface area is 130 Å². The molecule has 0 saturated carbocycles. The molecule has 2 rings (SSSR count). The van der Waals surface area contributed by atoms with Crippen LogP contribution in [0.2, 0.25) is 0 Å². The van der Waals surface area contributed by atoms with Crippen molar-refractivity contribution in [3.63, 3.8) is 0 Å². The minimum atomic E-state index is -0.545. The summed E-state index contributed by atoms with van der Waals surface area (Å²) < 4.78 is 6.55. The van der Waals surface area contributed by atoms with E-state index in [0.717, 1.165) is 15.2 Å². The smallest absolute Gasteiger partial charge is 0.261 e. The Kier molecular flexibility index (Phi) is 5.14. The van der Waals surface area contributed by atoms with E-state index in [1.165, 1.54) is 0 Å². The summed E-state index contributed by atoms with van der Waals surface area (Å²) in [7, 11) is 0. The highest BCUT2D eigenvalue weighted by Gasteiger charge is 2.14. The van der Waals surface area contributed by atoms with Gasteiger partial charge in [0.2, 0.25) is 0 Å². The Bertz CT molecular complexity index is 583. The molecule has 4 nitrogen and oxygen atoms in total. The third-order valence-corrected chi connectivity index (χ3v) is 3.96. The van der Waals surface area contributed by atoms with Gasteiger partial charge < -0.3 is 10.1 Å². The molecule has 0 radical (unpaired) electrons. The van der Waals surface area contributed by atoms with Gasteiger partial charge >= 0.3 is 0 Å². The normalized spacial score (nSPS) is 11.9. The minimum absolute atomic E-state index is 0.154. The maximum Gasteiger partial charge on any atom is 0.261 e. The molecular formula is C14H15BrN2O2S. The first-order valence-corrected chi connectivity index (χ1v) is 7.83. The second kappa shape index (κ2) is 6.85. The number of hydrogen-bond donors (Lipinski definition) is 1. The van der Waals surface area contributed by atoms with Crippen LogP contribution in [-0.2, 0) is 11.3 Å². The first-order chi connectivity index (χ1) is 9.54. The minimum Gasteiger partial charge on any atom is -0.481 e. The van der Waals surface area contributed by atoms with Crippen molar-refractivity contribution in [3.05, 3.63) is 44.8 Å².